The third-order valence-corrected chi connectivity index (χ3v) is 8.68. The van der Waals surface area contributed by atoms with E-state index in [1.54, 1.807) is 23.1 Å². The highest BCUT2D eigenvalue weighted by molar-refractivity contribution is 7.90. The highest BCUT2D eigenvalue weighted by Crippen LogP contribution is 2.36. The number of hydrogen-bond acceptors (Lipinski definition) is 9. The molecule has 2 atom stereocenters. The molecule has 0 unspecified atom stereocenters. The Labute approximate surface area is 251 Å². The first-order valence-electron chi connectivity index (χ1n) is 14.2. The lowest BCUT2D eigenvalue weighted by Gasteiger charge is -2.32. The maximum Gasteiger partial charge on any atom is 0.410 e. The minimum atomic E-state index is -3.28. The molecule has 0 spiro atoms. The van der Waals surface area contributed by atoms with Crippen LogP contribution in [0.5, 0.6) is 17.2 Å². The Kier molecular flexibility index (Phi) is 7.97. The monoisotopic (exact) mass is 609 g/mol. The minimum absolute atomic E-state index is 0.258. The lowest BCUT2D eigenvalue weighted by atomic mass is 10.0. The second kappa shape index (κ2) is 11.7. The van der Waals surface area contributed by atoms with Gasteiger partial charge in [0, 0.05) is 32.2 Å². The van der Waals surface area contributed by atoms with E-state index in [9.17, 15) is 13.2 Å². The summed E-state index contributed by atoms with van der Waals surface area (Å²) in [5.41, 5.74) is 3.62. The van der Waals surface area contributed by atoms with Gasteiger partial charge in [0.15, 0.2) is 27.4 Å². The molecule has 1 fully saturated rings. The molecule has 0 aliphatic carbocycles. The molecule has 0 saturated carbocycles. The first-order chi connectivity index (χ1) is 20.5. The average molecular weight is 610 g/mol. The van der Waals surface area contributed by atoms with E-state index in [4.69, 9.17) is 28.4 Å². The molecule has 1 saturated heterocycles. The number of hydrogen-bond donors (Lipinski definition) is 0. The molecule has 0 bridgehead atoms. The minimum Gasteiger partial charge on any atom is -0.486 e. The zero-order valence-corrected chi connectivity index (χ0v) is 25.2. The second-order valence-corrected chi connectivity index (χ2v) is 13.5. The van der Waals surface area contributed by atoms with E-state index in [1.165, 1.54) is 6.26 Å². The van der Waals surface area contributed by atoms with Crippen LogP contribution in [-0.4, -0.2) is 63.9 Å². The van der Waals surface area contributed by atoms with Gasteiger partial charge in [0.2, 0.25) is 5.79 Å². The number of carbonyl (C=O) groups excluding carboxylic acids is 1. The number of ether oxygens (including phenoxy) is 6. The van der Waals surface area contributed by atoms with E-state index >= 15 is 0 Å². The SMILES string of the molecule is CC1(C)OCc2cc([C@@H]3CN(CCc4ccc5c(c4)O[C@H](COCc4cccc(S(C)(=O)=O)c4)CO5)C(=O)O3)ccc2O1. The third kappa shape index (κ3) is 6.90. The van der Waals surface area contributed by atoms with Gasteiger partial charge in [-0.2, -0.15) is 0 Å². The Morgan fingerprint density at radius 2 is 1.81 bits per heavy atom. The topological polar surface area (TPSA) is 110 Å². The Hall–Kier alpha value is -3.80. The fourth-order valence-corrected chi connectivity index (χ4v) is 5.95. The molecule has 11 heteroatoms. The molecule has 1 amide bonds. The van der Waals surface area contributed by atoms with Gasteiger partial charge in [0.25, 0.3) is 0 Å². The predicted molar refractivity (Wildman–Crippen MR) is 156 cm³/mol. The number of amides is 1. The van der Waals surface area contributed by atoms with Gasteiger partial charge in [0.1, 0.15) is 18.5 Å². The van der Waals surface area contributed by atoms with Crippen molar-refractivity contribution in [3.63, 3.8) is 0 Å². The van der Waals surface area contributed by atoms with Crippen LogP contribution in [0.4, 0.5) is 4.79 Å². The van der Waals surface area contributed by atoms with Crippen LogP contribution in [0.3, 0.4) is 0 Å². The fourth-order valence-electron chi connectivity index (χ4n) is 5.26. The maximum absolute atomic E-state index is 12.7. The molecule has 0 aromatic heterocycles. The molecule has 228 valence electrons. The summed E-state index contributed by atoms with van der Waals surface area (Å²) in [5.74, 6) is 1.41. The molecule has 3 aromatic carbocycles. The van der Waals surface area contributed by atoms with E-state index in [2.05, 4.69) is 0 Å². The molecule has 3 aromatic rings. The number of rotatable bonds is 9. The van der Waals surface area contributed by atoms with Crippen molar-refractivity contribution in [1.82, 2.24) is 4.90 Å². The highest BCUT2D eigenvalue weighted by atomic mass is 32.2. The average Bonchev–Trinajstić information content (AvgIpc) is 3.35. The van der Waals surface area contributed by atoms with E-state index in [1.807, 2.05) is 56.3 Å². The zero-order valence-electron chi connectivity index (χ0n) is 24.4. The van der Waals surface area contributed by atoms with Gasteiger partial charge in [-0.15, -0.1) is 0 Å². The Morgan fingerprint density at radius 3 is 2.65 bits per heavy atom. The Balaban J connectivity index is 1.01. The van der Waals surface area contributed by atoms with Crippen molar-refractivity contribution in [2.45, 2.75) is 56.4 Å². The summed E-state index contributed by atoms with van der Waals surface area (Å²) in [4.78, 5) is 14.6. The lowest BCUT2D eigenvalue weighted by molar-refractivity contribution is -0.180. The second-order valence-electron chi connectivity index (χ2n) is 11.5. The molecule has 3 aliphatic heterocycles. The molecule has 6 rings (SSSR count). The van der Waals surface area contributed by atoms with Crippen molar-refractivity contribution in [2.24, 2.45) is 0 Å². The smallest absolute Gasteiger partial charge is 0.410 e. The van der Waals surface area contributed by atoms with Crippen LogP contribution in [0.1, 0.15) is 42.2 Å². The summed E-state index contributed by atoms with van der Waals surface area (Å²) in [7, 11) is -3.28. The molecule has 3 aliphatic rings. The standard InChI is InChI=1S/C32H35NO9S/c1-32(2)39-18-24-15-23(8-10-27(24)42-32)30-16-33(31(34)41-30)12-11-21-7-9-28-29(14-21)40-25(20-38-28)19-37-17-22-5-4-6-26(13-22)43(3,35)36/h4-10,13-15,25,30H,11-12,16-20H2,1-3H3/t25-,30+/m1/s1. The number of nitrogens with zero attached hydrogens (tertiary/aromatic N) is 1. The Morgan fingerprint density at radius 1 is 0.977 bits per heavy atom. The van der Waals surface area contributed by atoms with Gasteiger partial charge >= 0.3 is 6.09 Å². The summed E-state index contributed by atoms with van der Waals surface area (Å²) >= 11 is 0. The molecule has 0 radical (unpaired) electrons. The van der Waals surface area contributed by atoms with Crippen LogP contribution >= 0.6 is 0 Å². The summed E-state index contributed by atoms with van der Waals surface area (Å²) in [6, 6.07) is 18.3. The summed E-state index contributed by atoms with van der Waals surface area (Å²) < 4.78 is 58.8. The van der Waals surface area contributed by atoms with Gasteiger partial charge in [0.05, 0.1) is 31.3 Å². The summed E-state index contributed by atoms with van der Waals surface area (Å²) in [6.45, 7) is 6.04. The van der Waals surface area contributed by atoms with Gasteiger partial charge in [-0.1, -0.05) is 24.3 Å². The van der Waals surface area contributed by atoms with Gasteiger partial charge in [-0.3, -0.25) is 0 Å². The van der Waals surface area contributed by atoms with Gasteiger partial charge in [-0.05, 0) is 59.5 Å². The third-order valence-electron chi connectivity index (χ3n) is 7.57. The quantitative estimate of drug-likeness (QED) is 0.337. The van der Waals surface area contributed by atoms with Crippen LogP contribution in [0, 0.1) is 0 Å². The van der Waals surface area contributed by atoms with Crippen molar-refractivity contribution in [3.8, 4) is 17.2 Å². The lowest BCUT2D eigenvalue weighted by Crippen LogP contribution is -2.35. The predicted octanol–water partition coefficient (Wildman–Crippen LogP) is 4.83. The summed E-state index contributed by atoms with van der Waals surface area (Å²) in [6.07, 6.45) is 0.795. The van der Waals surface area contributed by atoms with Crippen molar-refractivity contribution in [2.75, 3.05) is 32.6 Å². The molecular weight excluding hydrogens is 574 g/mol. The Bertz CT molecular complexity index is 1620. The molecule has 10 nitrogen and oxygen atoms in total. The van der Waals surface area contributed by atoms with E-state index in [0.29, 0.717) is 44.2 Å². The molecule has 0 N–H and O–H groups in total. The maximum atomic E-state index is 12.7. The van der Waals surface area contributed by atoms with E-state index in [-0.39, 0.29) is 36.4 Å². The van der Waals surface area contributed by atoms with Crippen molar-refractivity contribution in [1.29, 1.82) is 0 Å². The first-order valence-corrected chi connectivity index (χ1v) is 16.1. The highest BCUT2D eigenvalue weighted by Gasteiger charge is 2.34. The summed E-state index contributed by atoms with van der Waals surface area (Å²) in [5, 5.41) is 0. The number of benzene rings is 3. The molecular formula is C32H35NO9S. The number of cyclic esters (lactones) is 1. The van der Waals surface area contributed by atoms with Crippen LogP contribution in [-0.2, 0) is 43.7 Å². The van der Waals surface area contributed by atoms with Crippen molar-refractivity contribution < 1.29 is 41.6 Å². The normalized spacial score (nSPS) is 20.7. The van der Waals surface area contributed by atoms with Crippen molar-refractivity contribution in [3.05, 3.63) is 82.9 Å². The van der Waals surface area contributed by atoms with Crippen LogP contribution < -0.4 is 14.2 Å². The zero-order chi connectivity index (χ0) is 30.2. The van der Waals surface area contributed by atoms with E-state index < -0.39 is 15.6 Å². The first kappa shape index (κ1) is 29.3. The molecule has 43 heavy (non-hydrogen) atoms. The fraction of sp³-hybridized carbons (Fsp3) is 0.406. The van der Waals surface area contributed by atoms with Crippen LogP contribution in [0.2, 0.25) is 0 Å². The van der Waals surface area contributed by atoms with Crippen molar-refractivity contribution >= 4 is 15.9 Å². The van der Waals surface area contributed by atoms with E-state index in [0.717, 1.165) is 28.0 Å². The van der Waals surface area contributed by atoms with Crippen LogP contribution in [0.15, 0.2) is 65.6 Å². The molecule has 3 heterocycles. The number of fused-ring (bicyclic) bond motifs is 2. The van der Waals surface area contributed by atoms with Gasteiger partial charge < -0.3 is 33.3 Å². The largest absolute Gasteiger partial charge is 0.486 e. The van der Waals surface area contributed by atoms with Crippen LogP contribution in [0.25, 0.3) is 0 Å². The number of carbonyl (C=O) groups is 1. The van der Waals surface area contributed by atoms with Gasteiger partial charge in [-0.25, -0.2) is 13.2 Å². The number of sulfone groups is 1.